The minimum Gasteiger partial charge on any atom is -0.452 e. The molecule has 1 amide bonds. The number of amides is 1. The molecule has 30 heavy (non-hydrogen) atoms. The lowest BCUT2D eigenvalue weighted by Crippen LogP contribution is -2.36. The van der Waals surface area contributed by atoms with Crippen molar-refractivity contribution < 1.29 is 31.9 Å². The van der Waals surface area contributed by atoms with E-state index >= 15 is 0 Å². The third kappa shape index (κ3) is 5.53. The molecule has 11 heteroatoms. The molecule has 0 atom stereocenters. The molecule has 9 nitrogen and oxygen atoms in total. The lowest BCUT2D eigenvalue weighted by atomic mass is 10.2. The van der Waals surface area contributed by atoms with E-state index in [1.807, 2.05) is 12.1 Å². The van der Waals surface area contributed by atoms with Crippen molar-refractivity contribution in [3.8, 4) is 0 Å². The molecule has 0 bridgehead atoms. The summed E-state index contributed by atoms with van der Waals surface area (Å²) in [5.41, 5.74) is 0.854. The van der Waals surface area contributed by atoms with Crippen molar-refractivity contribution in [1.82, 2.24) is 0 Å². The van der Waals surface area contributed by atoms with Gasteiger partial charge in [-0.15, -0.1) is 0 Å². The Balaban J connectivity index is 1.56. The Hall–Kier alpha value is -3.02. The first-order valence-electron chi connectivity index (χ1n) is 8.96. The maximum absolute atomic E-state index is 13.8. The van der Waals surface area contributed by atoms with Crippen LogP contribution in [0.25, 0.3) is 0 Å². The second kappa shape index (κ2) is 9.20. The lowest BCUT2D eigenvalue weighted by molar-refractivity contribution is -0.119. The number of sulfonamides is 1. The molecule has 1 heterocycles. The van der Waals surface area contributed by atoms with Gasteiger partial charge in [0.15, 0.2) is 6.61 Å². The van der Waals surface area contributed by atoms with Crippen LogP contribution in [-0.4, -0.2) is 53.2 Å². The summed E-state index contributed by atoms with van der Waals surface area (Å²) in [5.74, 6) is -2.81. The smallest absolute Gasteiger partial charge is 0.341 e. The molecule has 3 N–H and O–H groups in total. The van der Waals surface area contributed by atoms with Crippen molar-refractivity contribution in [2.24, 2.45) is 5.14 Å². The van der Waals surface area contributed by atoms with Crippen LogP contribution in [0.3, 0.4) is 0 Å². The van der Waals surface area contributed by atoms with Crippen LogP contribution in [0.5, 0.6) is 0 Å². The molecule has 2 aromatic carbocycles. The summed E-state index contributed by atoms with van der Waals surface area (Å²) in [6, 6.07) is 9.58. The molecule has 0 spiro atoms. The maximum atomic E-state index is 13.8. The van der Waals surface area contributed by atoms with Gasteiger partial charge in [0, 0.05) is 24.5 Å². The Morgan fingerprint density at radius 3 is 2.43 bits per heavy atom. The standard InChI is InChI=1S/C19H20FN3O6S/c20-17-6-5-15(30(21,26)27)11-16(17)19(25)29-12-18(24)22-13-1-3-14(4-2-13)23-7-9-28-10-8-23/h1-6,11H,7-10,12H2,(H,22,24)(H2,21,26,27). The highest BCUT2D eigenvalue weighted by atomic mass is 32.2. The fraction of sp³-hybridized carbons (Fsp3) is 0.263. The van der Waals surface area contributed by atoms with Crippen molar-refractivity contribution >= 4 is 33.3 Å². The average Bonchev–Trinajstić information content (AvgIpc) is 2.72. The number of ether oxygens (including phenoxy) is 2. The van der Waals surface area contributed by atoms with E-state index in [9.17, 15) is 22.4 Å². The number of hydrogen-bond acceptors (Lipinski definition) is 7. The van der Waals surface area contributed by atoms with Crippen molar-refractivity contribution in [1.29, 1.82) is 0 Å². The summed E-state index contributed by atoms with van der Waals surface area (Å²) < 4.78 is 46.6. The van der Waals surface area contributed by atoms with Crippen molar-refractivity contribution in [2.45, 2.75) is 4.90 Å². The fourth-order valence-corrected chi connectivity index (χ4v) is 3.36. The lowest BCUT2D eigenvalue weighted by Gasteiger charge is -2.28. The summed E-state index contributed by atoms with van der Waals surface area (Å²) in [4.78, 5) is 25.8. The third-order valence-corrected chi connectivity index (χ3v) is 5.26. The number of nitrogens with two attached hydrogens (primary N) is 1. The van der Waals surface area contributed by atoms with Gasteiger partial charge in [-0.1, -0.05) is 0 Å². The van der Waals surface area contributed by atoms with Crippen LogP contribution in [0.1, 0.15) is 10.4 Å². The Labute approximate surface area is 172 Å². The Morgan fingerprint density at radius 1 is 1.13 bits per heavy atom. The number of carbonyl (C=O) groups excluding carboxylic acids is 2. The largest absolute Gasteiger partial charge is 0.452 e. The molecule has 1 saturated heterocycles. The number of benzene rings is 2. The number of primary sulfonamides is 1. The predicted octanol–water partition coefficient (Wildman–Crippen LogP) is 1.11. The van der Waals surface area contributed by atoms with E-state index in [1.165, 1.54) is 0 Å². The SMILES string of the molecule is NS(=O)(=O)c1ccc(F)c(C(=O)OCC(=O)Nc2ccc(N3CCOCC3)cc2)c1. The Bertz CT molecular complexity index is 1040. The number of nitrogens with zero attached hydrogens (tertiary/aromatic N) is 1. The molecule has 0 aromatic heterocycles. The van der Waals surface area contributed by atoms with Crippen LogP contribution in [0, 0.1) is 5.82 Å². The van der Waals surface area contributed by atoms with E-state index in [2.05, 4.69) is 10.2 Å². The van der Waals surface area contributed by atoms with E-state index in [4.69, 9.17) is 14.6 Å². The Kier molecular flexibility index (Phi) is 6.65. The van der Waals surface area contributed by atoms with E-state index < -0.39 is 44.8 Å². The topological polar surface area (TPSA) is 128 Å². The molecule has 0 aliphatic carbocycles. The third-order valence-electron chi connectivity index (χ3n) is 4.35. The summed E-state index contributed by atoms with van der Waals surface area (Å²) in [6.07, 6.45) is 0. The van der Waals surface area contributed by atoms with Gasteiger partial charge >= 0.3 is 5.97 Å². The summed E-state index contributed by atoms with van der Waals surface area (Å²) in [6.45, 7) is 2.20. The minimum absolute atomic E-state index is 0.444. The van der Waals surface area contributed by atoms with Gasteiger partial charge in [0.05, 0.1) is 23.7 Å². The first-order valence-corrected chi connectivity index (χ1v) is 10.5. The van der Waals surface area contributed by atoms with Crippen molar-refractivity contribution in [2.75, 3.05) is 43.1 Å². The molecule has 160 valence electrons. The van der Waals surface area contributed by atoms with Gasteiger partial charge < -0.3 is 19.7 Å². The van der Waals surface area contributed by atoms with Gasteiger partial charge in [-0.25, -0.2) is 22.7 Å². The minimum atomic E-state index is -4.12. The molecule has 2 aromatic rings. The van der Waals surface area contributed by atoms with Crippen molar-refractivity contribution in [3.63, 3.8) is 0 Å². The summed E-state index contributed by atoms with van der Waals surface area (Å²) >= 11 is 0. The molecule has 0 unspecified atom stereocenters. The first kappa shape index (κ1) is 21.7. The quantitative estimate of drug-likeness (QED) is 0.648. The Morgan fingerprint density at radius 2 is 1.80 bits per heavy atom. The number of morpholine rings is 1. The van der Waals surface area contributed by atoms with Gasteiger partial charge in [-0.05, 0) is 42.5 Å². The predicted molar refractivity (Wildman–Crippen MR) is 106 cm³/mol. The highest BCUT2D eigenvalue weighted by molar-refractivity contribution is 7.89. The van der Waals surface area contributed by atoms with Crippen LogP contribution >= 0.6 is 0 Å². The van der Waals surface area contributed by atoms with Crippen LogP contribution in [0.2, 0.25) is 0 Å². The molecule has 1 fully saturated rings. The summed E-state index contributed by atoms with van der Waals surface area (Å²) in [7, 11) is -4.12. The number of halogens is 1. The fourth-order valence-electron chi connectivity index (χ4n) is 2.82. The highest BCUT2D eigenvalue weighted by Gasteiger charge is 2.19. The molecule has 1 aliphatic heterocycles. The van der Waals surface area contributed by atoms with Gasteiger partial charge in [-0.3, -0.25) is 4.79 Å². The number of carbonyl (C=O) groups is 2. The van der Waals surface area contributed by atoms with Gasteiger partial charge in [0.1, 0.15) is 5.82 Å². The van der Waals surface area contributed by atoms with E-state index in [0.29, 0.717) is 18.9 Å². The molecular weight excluding hydrogens is 417 g/mol. The zero-order valence-corrected chi connectivity index (χ0v) is 16.7. The van der Waals surface area contributed by atoms with Gasteiger partial charge in [0.25, 0.3) is 5.91 Å². The van der Waals surface area contributed by atoms with Crippen LogP contribution < -0.4 is 15.4 Å². The number of anilines is 2. The van der Waals surface area contributed by atoms with Crippen LogP contribution in [-0.2, 0) is 24.3 Å². The second-order valence-corrected chi connectivity index (χ2v) is 8.02. The molecule has 0 radical (unpaired) electrons. The molecule has 0 saturated carbocycles. The van der Waals surface area contributed by atoms with Crippen LogP contribution in [0.4, 0.5) is 15.8 Å². The number of rotatable bonds is 6. The number of hydrogen-bond donors (Lipinski definition) is 2. The normalized spacial score (nSPS) is 14.3. The monoisotopic (exact) mass is 437 g/mol. The highest BCUT2D eigenvalue weighted by Crippen LogP contribution is 2.19. The second-order valence-electron chi connectivity index (χ2n) is 6.46. The maximum Gasteiger partial charge on any atom is 0.341 e. The van der Waals surface area contributed by atoms with Crippen LogP contribution in [0.15, 0.2) is 47.4 Å². The molecule has 1 aliphatic rings. The number of esters is 1. The average molecular weight is 437 g/mol. The van der Waals surface area contributed by atoms with Gasteiger partial charge in [0.2, 0.25) is 10.0 Å². The van der Waals surface area contributed by atoms with E-state index in [-0.39, 0.29) is 0 Å². The first-order chi connectivity index (χ1) is 14.2. The van der Waals surface area contributed by atoms with E-state index in [1.54, 1.807) is 12.1 Å². The van der Waals surface area contributed by atoms with Gasteiger partial charge in [-0.2, -0.15) is 0 Å². The zero-order valence-electron chi connectivity index (χ0n) is 15.8. The number of nitrogens with one attached hydrogen (secondary N) is 1. The molecule has 3 rings (SSSR count). The summed E-state index contributed by atoms with van der Waals surface area (Å²) in [5, 5.41) is 7.53. The van der Waals surface area contributed by atoms with E-state index in [0.717, 1.165) is 37.0 Å². The molecular formula is C19H20FN3O6S. The van der Waals surface area contributed by atoms with Crippen molar-refractivity contribution in [3.05, 3.63) is 53.8 Å². The zero-order chi connectivity index (χ0) is 21.7.